The predicted molar refractivity (Wildman–Crippen MR) is 128 cm³/mol. The van der Waals surface area contributed by atoms with Gasteiger partial charge in [0.15, 0.2) is 11.5 Å². The monoisotopic (exact) mass is 488 g/mol. The molecule has 1 aromatic carbocycles. The fourth-order valence-corrected chi connectivity index (χ4v) is 4.40. The Kier molecular flexibility index (Phi) is 8.21. The maximum atomic E-state index is 12.8. The molecule has 1 aliphatic heterocycles. The molecule has 3 rings (SSSR count). The van der Waals surface area contributed by atoms with Crippen molar-refractivity contribution < 1.29 is 28.6 Å². The summed E-state index contributed by atoms with van der Waals surface area (Å²) in [5, 5.41) is 6.69. The number of hydrogen-bond donors (Lipinski definition) is 1. The molecule has 0 bridgehead atoms. The molecule has 10 nitrogen and oxygen atoms in total. The molecule has 0 unspecified atom stereocenters. The van der Waals surface area contributed by atoms with Gasteiger partial charge in [-0.05, 0) is 55.4 Å². The van der Waals surface area contributed by atoms with Gasteiger partial charge in [-0.25, -0.2) is 0 Å². The first-order chi connectivity index (χ1) is 16.3. The average Bonchev–Trinajstić information content (AvgIpc) is 3.28. The topological polar surface area (TPSA) is 112 Å². The zero-order valence-corrected chi connectivity index (χ0v) is 20.7. The predicted octanol–water partition coefficient (Wildman–Crippen LogP) is 2.77. The third kappa shape index (κ3) is 5.71. The summed E-state index contributed by atoms with van der Waals surface area (Å²) < 4.78 is 17.8. The number of benzene rings is 1. The SMILES string of the molecule is COc1cc(/C=C2/SC(=O)N(CCNC(=O)CCn3nc(C)cc3C)C2=O)cc(OC)c1OC. The number of aromatic nitrogens is 2. The van der Waals surface area contributed by atoms with E-state index < -0.39 is 5.91 Å². The zero-order chi connectivity index (χ0) is 24.8. The van der Waals surface area contributed by atoms with Crippen molar-refractivity contribution in [3.05, 3.63) is 40.1 Å². The van der Waals surface area contributed by atoms with Gasteiger partial charge in [0, 0.05) is 31.7 Å². The molecule has 1 aromatic heterocycles. The van der Waals surface area contributed by atoms with Crippen LogP contribution in [0.5, 0.6) is 17.2 Å². The van der Waals surface area contributed by atoms with Crippen LogP contribution in [0.15, 0.2) is 23.1 Å². The number of rotatable bonds is 10. The van der Waals surface area contributed by atoms with E-state index >= 15 is 0 Å². The van der Waals surface area contributed by atoms with Crippen LogP contribution in [0, 0.1) is 13.8 Å². The van der Waals surface area contributed by atoms with E-state index in [0.29, 0.717) is 29.4 Å². The van der Waals surface area contributed by atoms with Crippen LogP contribution in [0.4, 0.5) is 4.79 Å². The van der Waals surface area contributed by atoms with Crippen molar-refractivity contribution in [3.63, 3.8) is 0 Å². The van der Waals surface area contributed by atoms with Gasteiger partial charge in [-0.1, -0.05) is 0 Å². The average molecular weight is 489 g/mol. The molecule has 34 heavy (non-hydrogen) atoms. The molecule has 1 saturated heterocycles. The summed E-state index contributed by atoms with van der Waals surface area (Å²) in [4.78, 5) is 38.7. The fourth-order valence-electron chi connectivity index (χ4n) is 3.53. The van der Waals surface area contributed by atoms with Crippen molar-refractivity contribution in [3.8, 4) is 17.2 Å². The zero-order valence-electron chi connectivity index (χ0n) is 19.8. The lowest BCUT2D eigenvalue weighted by Crippen LogP contribution is -2.37. The molecule has 2 aromatic rings. The molecule has 0 atom stereocenters. The van der Waals surface area contributed by atoms with Crippen molar-refractivity contribution in [1.29, 1.82) is 0 Å². The number of imide groups is 1. The van der Waals surface area contributed by atoms with Crippen LogP contribution in [0.3, 0.4) is 0 Å². The minimum atomic E-state index is -0.416. The minimum absolute atomic E-state index is 0.0862. The van der Waals surface area contributed by atoms with Gasteiger partial charge in [0.1, 0.15) is 0 Å². The van der Waals surface area contributed by atoms with Gasteiger partial charge in [0.25, 0.3) is 11.1 Å². The quantitative estimate of drug-likeness (QED) is 0.508. The molecule has 0 radical (unpaired) electrons. The number of aryl methyl sites for hydroxylation is 3. The normalized spacial score (nSPS) is 14.6. The first kappa shape index (κ1) is 25.2. The number of hydrogen-bond acceptors (Lipinski definition) is 8. The molecule has 0 aliphatic carbocycles. The number of thioether (sulfide) groups is 1. The lowest BCUT2D eigenvalue weighted by Gasteiger charge is -2.14. The van der Waals surface area contributed by atoms with Gasteiger partial charge in [0.05, 0.1) is 31.9 Å². The van der Waals surface area contributed by atoms with Gasteiger partial charge in [-0.2, -0.15) is 5.10 Å². The highest BCUT2D eigenvalue weighted by atomic mass is 32.2. The summed E-state index contributed by atoms with van der Waals surface area (Å²) in [6.07, 6.45) is 1.85. The Bertz CT molecular complexity index is 1100. The number of carbonyl (C=O) groups excluding carboxylic acids is 3. The number of amides is 3. The van der Waals surface area contributed by atoms with Gasteiger partial charge < -0.3 is 19.5 Å². The summed E-state index contributed by atoms with van der Waals surface area (Å²) in [6, 6.07) is 5.33. The Balaban J connectivity index is 1.58. The first-order valence-electron chi connectivity index (χ1n) is 10.6. The maximum absolute atomic E-state index is 12.8. The third-order valence-corrected chi connectivity index (χ3v) is 6.08. The van der Waals surface area contributed by atoms with Crippen molar-refractivity contribution in [2.45, 2.75) is 26.8 Å². The molecule has 0 saturated carbocycles. The number of methoxy groups -OCH3 is 3. The first-order valence-corrected chi connectivity index (χ1v) is 11.4. The van der Waals surface area contributed by atoms with E-state index in [0.717, 1.165) is 28.0 Å². The summed E-state index contributed by atoms with van der Waals surface area (Å²) >= 11 is 0.845. The van der Waals surface area contributed by atoms with E-state index in [1.165, 1.54) is 21.3 Å². The van der Waals surface area contributed by atoms with Crippen LogP contribution in [-0.2, 0) is 16.1 Å². The Morgan fingerprint density at radius 3 is 2.29 bits per heavy atom. The highest BCUT2D eigenvalue weighted by Crippen LogP contribution is 2.40. The molecule has 0 spiro atoms. The molecule has 3 amide bonds. The van der Waals surface area contributed by atoms with Crippen LogP contribution in [0.1, 0.15) is 23.4 Å². The second-order valence-electron chi connectivity index (χ2n) is 7.54. The fraction of sp³-hybridized carbons (Fsp3) is 0.391. The molecule has 2 heterocycles. The lowest BCUT2D eigenvalue weighted by molar-refractivity contribution is -0.124. The molecular weight excluding hydrogens is 460 g/mol. The molecular formula is C23H28N4O6S. The highest BCUT2D eigenvalue weighted by molar-refractivity contribution is 8.18. The summed E-state index contributed by atoms with van der Waals surface area (Å²) in [5.74, 6) is 0.725. The number of carbonyl (C=O) groups is 3. The standard InChI is InChI=1S/C23H28N4O6S/c1-14-10-15(2)27(25-14)8-6-20(28)24-7-9-26-22(29)19(34-23(26)30)13-16-11-17(31-3)21(33-5)18(12-16)32-4/h10-13H,6-9H2,1-5H3,(H,24,28)/b19-13+. The van der Waals surface area contributed by atoms with E-state index in [1.54, 1.807) is 22.9 Å². The van der Waals surface area contributed by atoms with Gasteiger partial charge in [-0.3, -0.25) is 24.0 Å². The number of ether oxygens (including phenoxy) is 3. The van der Waals surface area contributed by atoms with E-state index in [1.807, 2.05) is 19.9 Å². The van der Waals surface area contributed by atoms with E-state index in [9.17, 15) is 14.4 Å². The maximum Gasteiger partial charge on any atom is 0.293 e. The highest BCUT2D eigenvalue weighted by Gasteiger charge is 2.34. The third-order valence-electron chi connectivity index (χ3n) is 5.17. The van der Waals surface area contributed by atoms with Gasteiger partial charge >= 0.3 is 0 Å². The summed E-state index contributed by atoms with van der Waals surface area (Å²) in [5.41, 5.74) is 2.51. The van der Waals surface area contributed by atoms with E-state index in [4.69, 9.17) is 14.2 Å². The second kappa shape index (κ2) is 11.1. The van der Waals surface area contributed by atoms with E-state index in [2.05, 4.69) is 10.4 Å². The molecule has 11 heteroatoms. The molecule has 1 aliphatic rings. The van der Waals surface area contributed by atoms with Crippen LogP contribution in [0.2, 0.25) is 0 Å². The minimum Gasteiger partial charge on any atom is -0.493 e. The van der Waals surface area contributed by atoms with Crippen molar-refractivity contribution in [2.24, 2.45) is 0 Å². The lowest BCUT2D eigenvalue weighted by atomic mass is 10.1. The van der Waals surface area contributed by atoms with Crippen molar-refractivity contribution in [2.75, 3.05) is 34.4 Å². The van der Waals surface area contributed by atoms with Crippen LogP contribution in [0.25, 0.3) is 6.08 Å². The summed E-state index contributed by atoms with van der Waals surface area (Å²) in [7, 11) is 4.50. The Hall–Kier alpha value is -3.47. The Morgan fingerprint density at radius 2 is 1.74 bits per heavy atom. The van der Waals surface area contributed by atoms with Crippen LogP contribution in [-0.4, -0.2) is 66.2 Å². The second-order valence-corrected chi connectivity index (χ2v) is 8.54. The molecule has 1 fully saturated rings. The Morgan fingerprint density at radius 1 is 1.06 bits per heavy atom. The smallest absolute Gasteiger partial charge is 0.293 e. The summed E-state index contributed by atoms with van der Waals surface area (Å²) in [6.45, 7) is 4.55. The molecule has 1 N–H and O–H groups in total. The van der Waals surface area contributed by atoms with Crippen molar-refractivity contribution in [1.82, 2.24) is 20.0 Å². The van der Waals surface area contributed by atoms with Crippen molar-refractivity contribution >= 4 is 34.9 Å². The molecule has 182 valence electrons. The van der Waals surface area contributed by atoms with Gasteiger partial charge in [-0.15, -0.1) is 0 Å². The van der Waals surface area contributed by atoms with E-state index in [-0.39, 0.29) is 35.6 Å². The van der Waals surface area contributed by atoms with Crippen LogP contribution < -0.4 is 19.5 Å². The number of nitrogens with zero attached hydrogens (tertiary/aromatic N) is 3. The largest absolute Gasteiger partial charge is 0.493 e. The van der Waals surface area contributed by atoms with Crippen LogP contribution >= 0.6 is 11.8 Å². The Labute approximate surface area is 202 Å². The number of nitrogens with one attached hydrogen (secondary N) is 1. The van der Waals surface area contributed by atoms with Gasteiger partial charge in [0.2, 0.25) is 11.7 Å².